The van der Waals surface area contributed by atoms with Gasteiger partial charge < -0.3 is 14.5 Å². The van der Waals surface area contributed by atoms with Crippen molar-refractivity contribution in [3.05, 3.63) is 59.5 Å². The molecule has 1 aliphatic rings. The zero-order chi connectivity index (χ0) is 11.5. The van der Waals surface area contributed by atoms with Crippen LogP contribution in [0, 0.1) is 0 Å². The molecule has 1 aromatic carbocycles. The maximum absolute atomic E-state index is 5.59. The van der Waals surface area contributed by atoms with Gasteiger partial charge in [0.05, 0.1) is 31.8 Å². The normalized spacial score (nSPS) is 18.9. The zero-order valence-electron chi connectivity index (χ0n) is 9.56. The minimum absolute atomic E-state index is 0.273. The van der Waals surface area contributed by atoms with Crippen molar-refractivity contribution in [1.29, 1.82) is 0 Å². The van der Waals surface area contributed by atoms with Gasteiger partial charge in [-0.2, -0.15) is 0 Å². The fourth-order valence-corrected chi connectivity index (χ4v) is 2.19. The van der Waals surface area contributed by atoms with Gasteiger partial charge in [-0.1, -0.05) is 24.3 Å². The van der Waals surface area contributed by atoms with Crippen molar-refractivity contribution in [1.82, 2.24) is 5.32 Å². The van der Waals surface area contributed by atoms with Gasteiger partial charge in [0.1, 0.15) is 0 Å². The van der Waals surface area contributed by atoms with Crippen molar-refractivity contribution in [2.75, 3.05) is 6.61 Å². The van der Waals surface area contributed by atoms with Crippen LogP contribution in [-0.4, -0.2) is 6.61 Å². The molecule has 1 N–H and O–H groups in total. The summed E-state index contributed by atoms with van der Waals surface area (Å²) < 4.78 is 10.6. The molecule has 0 bridgehead atoms. The van der Waals surface area contributed by atoms with Crippen LogP contribution in [0.3, 0.4) is 0 Å². The Labute approximate surface area is 100 Å². The van der Waals surface area contributed by atoms with Crippen molar-refractivity contribution < 1.29 is 9.15 Å². The molecule has 3 rings (SSSR count). The molecule has 2 heterocycles. The minimum atomic E-state index is 0.273. The van der Waals surface area contributed by atoms with E-state index < -0.39 is 0 Å². The number of furan rings is 1. The standard InChI is InChI=1S/C14H15NO2/c1-2-4-13-12(3-1)9-17-10-14(13)15-7-11-5-6-16-8-11/h1-6,8,14-15H,7,9-10H2. The molecule has 3 nitrogen and oxygen atoms in total. The van der Waals surface area contributed by atoms with E-state index in [-0.39, 0.29) is 6.04 Å². The first kappa shape index (κ1) is 10.6. The molecule has 0 amide bonds. The molecule has 0 saturated carbocycles. The number of rotatable bonds is 3. The highest BCUT2D eigenvalue weighted by atomic mass is 16.5. The quantitative estimate of drug-likeness (QED) is 0.878. The SMILES string of the molecule is c1ccc2c(c1)COCC2NCc1ccoc1. The molecule has 0 radical (unpaired) electrons. The smallest absolute Gasteiger partial charge is 0.0947 e. The Kier molecular flexibility index (Phi) is 2.94. The van der Waals surface area contributed by atoms with E-state index in [9.17, 15) is 0 Å². The van der Waals surface area contributed by atoms with Crippen LogP contribution >= 0.6 is 0 Å². The summed E-state index contributed by atoms with van der Waals surface area (Å²) in [5.41, 5.74) is 3.79. The van der Waals surface area contributed by atoms with Crippen LogP contribution in [0.25, 0.3) is 0 Å². The van der Waals surface area contributed by atoms with Crippen LogP contribution in [0.4, 0.5) is 0 Å². The van der Waals surface area contributed by atoms with Gasteiger partial charge in [0.15, 0.2) is 0 Å². The Balaban J connectivity index is 1.72. The Hall–Kier alpha value is -1.58. The Morgan fingerprint density at radius 3 is 3.06 bits per heavy atom. The summed E-state index contributed by atoms with van der Waals surface area (Å²) in [5.74, 6) is 0. The third kappa shape index (κ3) is 2.25. The van der Waals surface area contributed by atoms with E-state index in [0.29, 0.717) is 0 Å². The van der Waals surface area contributed by atoms with E-state index in [1.54, 1.807) is 12.5 Å². The molecule has 2 aromatic rings. The van der Waals surface area contributed by atoms with Crippen molar-refractivity contribution in [3.63, 3.8) is 0 Å². The number of nitrogens with one attached hydrogen (secondary N) is 1. The Morgan fingerprint density at radius 1 is 1.24 bits per heavy atom. The van der Waals surface area contributed by atoms with E-state index in [0.717, 1.165) is 25.3 Å². The minimum Gasteiger partial charge on any atom is -0.472 e. The second-order valence-electron chi connectivity index (χ2n) is 4.28. The van der Waals surface area contributed by atoms with Crippen LogP contribution in [0.15, 0.2) is 47.3 Å². The molecular formula is C14H15NO2. The highest BCUT2D eigenvalue weighted by molar-refractivity contribution is 5.31. The van der Waals surface area contributed by atoms with Crippen LogP contribution in [0.2, 0.25) is 0 Å². The monoisotopic (exact) mass is 229 g/mol. The van der Waals surface area contributed by atoms with Gasteiger partial charge >= 0.3 is 0 Å². The third-order valence-electron chi connectivity index (χ3n) is 3.11. The van der Waals surface area contributed by atoms with Gasteiger partial charge in [0, 0.05) is 12.1 Å². The zero-order valence-corrected chi connectivity index (χ0v) is 9.56. The van der Waals surface area contributed by atoms with Gasteiger partial charge in [0.25, 0.3) is 0 Å². The Morgan fingerprint density at radius 2 is 2.18 bits per heavy atom. The van der Waals surface area contributed by atoms with E-state index in [2.05, 4.69) is 29.6 Å². The van der Waals surface area contributed by atoms with Crippen LogP contribution in [0.1, 0.15) is 22.7 Å². The van der Waals surface area contributed by atoms with Gasteiger partial charge in [-0.25, -0.2) is 0 Å². The van der Waals surface area contributed by atoms with E-state index in [4.69, 9.17) is 9.15 Å². The summed E-state index contributed by atoms with van der Waals surface area (Å²) in [6, 6.07) is 10.7. The first-order valence-corrected chi connectivity index (χ1v) is 5.83. The maximum atomic E-state index is 5.59. The second-order valence-corrected chi connectivity index (χ2v) is 4.28. The molecule has 0 spiro atoms. The first-order valence-electron chi connectivity index (χ1n) is 5.83. The van der Waals surface area contributed by atoms with Crippen LogP contribution in [-0.2, 0) is 17.9 Å². The lowest BCUT2D eigenvalue weighted by molar-refractivity contribution is 0.0816. The number of ether oxygens (including phenoxy) is 1. The molecule has 1 atom stereocenters. The number of fused-ring (bicyclic) bond motifs is 1. The summed E-state index contributed by atoms with van der Waals surface area (Å²) in [6.07, 6.45) is 3.46. The summed E-state index contributed by atoms with van der Waals surface area (Å²) in [5, 5.41) is 3.50. The molecule has 1 aromatic heterocycles. The predicted molar refractivity (Wildman–Crippen MR) is 64.4 cm³/mol. The molecule has 3 heteroatoms. The fourth-order valence-electron chi connectivity index (χ4n) is 2.19. The van der Waals surface area contributed by atoms with Crippen LogP contribution < -0.4 is 5.32 Å². The summed E-state index contributed by atoms with van der Waals surface area (Å²) >= 11 is 0. The molecule has 88 valence electrons. The number of hydrogen-bond acceptors (Lipinski definition) is 3. The fraction of sp³-hybridized carbons (Fsp3) is 0.286. The average Bonchev–Trinajstić information content (AvgIpc) is 2.89. The number of benzene rings is 1. The lowest BCUT2D eigenvalue weighted by atomic mass is 9.99. The largest absolute Gasteiger partial charge is 0.472 e. The van der Waals surface area contributed by atoms with Crippen molar-refractivity contribution in [2.45, 2.75) is 19.2 Å². The summed E-state index contributed by atoms with van der Waals surface area (Å²) in [6.45, 7) is 2.26. The van der Waals surface area contributed by atoms with E-state index in [1.165, 1.54) is 11.1 Å². The van der Waals surface area contributed by atoms with Crippen molar-refractivity contribution in [2.24, 2.45) is 0 Å². The molecule has 0 fully saturated rings. The van der Waals surface area contributed by atoms with Gasteiger partial charge in [0.2, 0.25) is 0 Å². The average molecular weight is 229 g/mol. The molecule has 1 unspecified atom stereocenters. The topological polar surface area (TPSA) is 34.4 Å². The molecule has 17 heavy (non-hydrogen) atoms. The molecular weight excluding hydrogens is 214 g/mol. The van der Waals surface area contributed by atoms with Crippen LogP contribution in [0.5, 0.6) is 0 Å². The van der Waals surface area contributed by atoms with E-state index >= 15 is 0 Å². The molecule has 0 aliphatic carbocycles. The van der Waals surface area contributed by atoms with Gasteiger partial charge in [-0.3, -0.25) is 0 Å². The molecule has 0 saturated heterocycles. The van der Waals surface area contributed by atoms with Crippen molar-refractivity contribution >= 4 is 0 Å². The predicted octanol–water partition coefficient (Wildman–Crippen LogP) is 2.64. The highest BCUT2D eigenvalue weighted by Gasteiger charge is 2.19. The van der Waals surface area contributed by atoms with Crippen molar-refractivity contribution in [3.8, 4) is 0 Å². The number of hydrogen-bond donors (Lipinski definition) is 1. The second kappa shape index (κ2) is 4.73. The summed E-state index contributed by atoms with van der Waals surface area (Å²) in [4.78, 5) is 0. The Bertz CT molecular complexity index is 479. The first-order chi connectivity index (χ1) is 8.43. The lowest BCUT2D eigenvalue weighted by Gasteiger charge is -2.26. The molecule has 1 aliphatic heterocycles. The maximum Gasteiger partial charge on any atom is 0.0947 e. The third-order valence-corrected chi connectivity index (χ3v) is 3.11. The highest BCUT2D eigenvalue weighted by Crippen LogP contribution is 2.24. The summed E-state index contributed by atoms with van der Waals surface area (Å²) in [7, 11) is 0. The lowest BCUT2D eigenvalue weighted by Crippen LogP contribution is -2.29. The van der Waals surface area contributed by atoms with Gasteiger partial charge in [-0.05, 0) is 17.2 Å². The van der Waals surface area contributed by atoms with Gasteiger partial charge in [-0.15, -0.1) is 0 Å². The van der Waals surface area contributed by atoms with E-state index in [1.807, 2.05) is 6.07 Å².